The summed E-state index contributed by atoms with van der Waals surface area (Å²) >= 11 is 6.16. The zero-order chi connectivity index (χ0) is 17.0. The van der Waals surface area contributed by atoms with Crippen molar-refractivity contribution in [2.24, 2.45) is 0 Å². The molecular formula is C16H22ClN3O3. The van der Waals surface area contributed by atoms with Crippen LogP contribution in [0.3, 0.4) is 0 Å². The number of para-hydroxylation sites is 1. The first-order valence-corrected chi connectivity index (χ1v) is 7.91. The van der Waals surface area contributed by atoms with Crippen molar-refractivity contribution in [2.75, 3.05) is 32.2 Å². The lowest BCUT2D eigenvalue weighted by Gasteiger charge is -2.26. The summed E-state index contributed by atoms with van der Waals surface area (Å²) in [5, 5.41) is 3.34. The number of rotatable bonds is 5. The molecule has 0 aromatic heterocycles. The third-order valence-corrected chi connectivity index (χ3v) is 4.21. The molecule has 0 spiro atoms. The van der Waals surface area contributed by atoms with E-state index in [-0.39, 0.29) is 18.0 Å². The van der Waals surface area contributed by atoms with E-state index in [4.69, 9.17) is 16.3 Å². The van der Waals surface area contributed by atoms with Crippen molar-refractivity contribution < 1.29 is 14.3 Å². The average molecular weight is 340 g/mol. The Morgan fingerprint density at radius 3 is 2.87 bits per heavy atom. The van der Waals surface area contributed by atoms with Gasteiger partial charge in [0.15, 0.2) is 0 Å². The number of urea groups is 1. The van der Waals surface area contributed by atoms with Gasteiger partial charge in [-0.2, -0.15) is 0 Å². The Morgan fingerprint density at radius 1 is 1.52 bits per heavy atom. The number of carbonyl (C=O) groups is 2. The van der Waals surface area contributed by atoms with Crippen LogP contribution in [0.1, 0.15) is 13.3 Å². The van der Waals surface area contributed by atoms with Crippen LogP contribution >= 0.6 is 11.6 Å². The minimum Gasteiger partial charge on any atom is -0.383 e. The molecule has 0 unspecified atom stereocenters. The summed E-state index contributed by atoms with van der Waals surface area (Å²) < 4.78 is 5.00. The number of amides is 3. The van der Waals surface area contributed by atoms with E-state index in [0.717, 1.165) is 0 Å². The number of nitrogens with zero attached hydrogens (tertiary/aromatic N) is 2. The SMILES string of the molecule is COC[C@@H](C)NC(=O)N(C)[C@H]1CCN(c2ccccc2Cl)C1=O. The molecule has 3 amide bonds. The summed E-state index contributed by atoms with van der Waals surface area (Å²) in [7, 11) is 3.21. The Kier molecular flexibility index (Phi) is 5.85. The molecule has 6 nitrogen and oxygen atoms in total. The molecule has 1 aromatic carbocycles. The molecule has 2 atom stereocenters. The fourth-order valence-corrected chi connectivity index (χ4v) is 2.92. The van der Waals surface area contributed by atoms with Crippen molar-refractivity contribution in [2.45, 2.75) is 25.4 Å². The summed E-state index contributed by atoms with van der Waals surface area (Å²) in [5.41, 5.74) is 0.684. The second-order valence-electron chi connectivity index (χ2n) is 5.66. The molecule has 1 fully saturated rings. The van der Waals surface area contributed by atoms with E-state index >= 15 is 0 Å². The van der Waals surface area contributed by atoms with Gasteiger partial charge < -0.3 is 19.9 Å². The molecule has 126 valence electrons. The lowest BCUT2D eigenvalue weighted by molar-refractivity contribution is -0.120. The molecular weight excluding hydrogens is 318 g/mol. The second-order valence-corrected chi connectivity index (χ2v) is 6.07. The number of benzene rings is 1. The molecule has 1 saturated heterocycles. The lowest BCUT2D eigenvalue weighted by atomic mass is 10.2. The zero-order valence-electron chi connectivity index (χ0n) is 13.6. The highest BCUT2D eigenvalue weighted by atomic mass is 35.5. The van der Waals surface area contributed by atoms with Gasteiger partial charge in [0.1, 0.15) is 6.04 Å². The van der Waals surface area contributed by atoms with Crippen molar-refractivity contribution >= 4 is 29.2 Å². The maximum atomic E-state index is 12.6. The molecule has 1 aliphatic rings. The maximum absolute atomic E-state index is 12.6. The van der Waals surface area contributed by atoms with Gasteiger partial charge >= 0.3 is 6.03 Å². The third kappa shape index (κ3) is 3.95. The second kappa shape index (κ2) is 7.66. The fourth-order valence-electron chi connectivity index (χ4n) is 2.68. The van der Waals surface area contributed by atoms with Gasteiger partial charge in [0.2, 0.25) is 5.91 Å². The van der Waals surface area contributed by atoms with Crippen LogP contribution in [0.4, 0.5) is 10.5 Å². The molecule has 0 aliphatic carbocycles. The minimum atomic E-state index is -0.485. The largest absolute Gasteiger partial charge is 0.383 e. The Balaban J connectivity index is 2.04. The average Bonchev–Trinajstić information content (AvgIpc) is 2.88. The Hall–Kier alpha value is -1.79. The Morgan fingerprint density at radius 2 is 2.22 bits per heavy atom. The topological polar surface area (TPSA) is 61.9 Å². The molecule has 1 N–H and O–H groups in total. The minimum absolute atomic E-state index is 0.116. The molecule has 1 aliphatic heterocycles. The number of likely N-dealkylation sites (N-methyl/N-ethyl adjacent to an activating group) is 1. The van der Waals surface area contributed by atoms with Gasteiger partial charge in [-0.15, -0.1) is 0 Å². The molecule has 2 rings (SSSR count). The summed E-state index contributed by atoms with van der Waals surface area (Å²) in [6.07, 6.45) is 0.576. The van der Waals surface area contributed by atoms with E-state index in [1.807, 2.05) is 25.1 Å². The van der Waals surface area contributed by atoms with Crippen LogP contribution < -0.4 is 10.2 Å². The maximum Gasteiger partial charge on any atom is 0.318 e. The van der Waals surface area contributed by atoms with Gasteiger partial charge in [-0.1, -0.05) is 23.7 Å². The van der Waals surface area contributed by atoms with Crippen LogP contribution in [-0.4, -0.2) is 56.2 Å². The van der Waals surface area contributed by atoms with Crippen molar-refractivity contribution in [3.8, 4) is 0 Å². The van der Waals surface area contributed by atoms with Crippen molar-refractivity contribution in [1.29, 1.82) is 0 Å². The summed E-state index contributed by atoms with van der Waals surface area (Å²) in [6, 6.07) is 6.33. The summed E-state index contributed by atoms with van der Waals surface area (Å²) in [4.78, 5) is 28.0. The number of methoxy groups -OCH3 is 1. The van der Waals surface area contributed by atoms with Crippen LogP contribution in [0, 0.1) is 0 Å². The number of carbonyl (C=O) groups excluding carboxylic acids is 2. The van der Waals surface area contributed by atoms with E-state index < -0.39 is 6.04 Å². The molecule has 0 radical (unpaired) electrons. The van der Waals surface area contributed by atoms with E-state index in [0.29, 0.717) is 30.3 Å². The smallest absolute Gasteiger partial charge is 0.318 e. The van der Waals surface area contributed by atoms with Gasteiger partial charge in [0.05, 0.1) is 23.4 Å². The lowest BCUT2D eigenvalue weighted by Crippen LogP contribution is -2.50. The Bertz CT molecular complexity index is 581. The van der Waals surface area contributed by atoms with Gasteiger partial charge in [0.25, 0.3) is 0 Å². The fraction of sp³-hybridized carbons (Fsp3) is 0.500. The number of ether oxygens (including phenoxy) is 1. The predicted molar refractivity (Wildman–Crippen MR) is 89.8 cm³/mol. The third-order valence-electron chi connectivity index (χ3n) is 3.89. The van der Waals surface area contributed by atoms with Gasteiger partial charge in [-0.05, 0) is 25.5 Å². The molecule has 7 heteroatoms. The first kappa shape index (κ1) is 17.6. The molecule has 0 saturated carbocycles. The van der Waals surface area contributed by atoms with Gasteiger partial charge in [0, 0.05) is 20.7 Å². The number of halogens is 1. The number of anilines is 1. The van der Waals surface area contributed by atoms with Crippen molar-refractivity contribution in [3.63, 3.8) is 0 Å². The summed E-state index contributed by atoms with van der Waals surface area (Å²) in [5.74, 6) is -0.116. The molecule has 23 heavy (non-hydrogen) atoms. The quantitative estimate of drug-likeness (QED) is 0.893. The highest BCUT2D eigenvalue weighted by Crippen LogP contribution is 2.30. The number of hydrogen-bond donors (Lipinski definition) is 1. The van der Waals surface area contributed by atoms with E-state index in [2.05, 4.69) is 5.32 Å². The standard InChI is InChI=1S/C16H22ClN3O3/c1-11(10-23-3)18-16(22)19(2)14-8-9-20(15(14)21)13-7-5-4-6-12(13)17/h4-7,11,14H,8-10H2,1-3H3,(H,18,22)/t11-,14+/m1/s1. The molecule has 1 heterocycles. The Labute approximate surface area is 141 Å². The van der Waals surface area contributed by atoms with Crippen LogP contribution in [0.25, 0.3) is 0 Å². The van der Waals surface area contributed by atoms with Crippen LogP contribution in [0.2, 0.25) is 5.02 Å². The molecule has 1 aromatic rings. The predicted octanol–water partition coefficient (Wildman–Crippen LogP) is 2.12. The zero-order valence-corrected chi connectivity index (χ0v) is 14.3. The monoisotopic (exact) mass is 339 g/mol. The van der Waals surface area contributed by atoms with Crippen molar-refractivity contribution in [1.82, 2.24) is 10.2 Å². The van der Waals surface area contributed by atoms with Crippen LogP contribution in [0.5, 0.6) is 0 Å². The van der Waals surface area contributed by atoms with Crippen molar-refractivity contribution in [3.05, 3.63) is 29.3 Å². The van der Waals surface area contributed by atoms with E-state index in [9.17, 15) is 9.59 Å². The van der Waals surface area contributed by atoms with Gasteiger partial charge in [-0.3, -0.25) is 4.79 Å². The number of hydrogen-bond acceptors (Lipinski definition) is 3. The van der Waals surface area contributed by atoms with E-state index in [1.165, 1.54) is 4.90 Å². The molecule has 0 bridgehead atoms. The van der Waals surface area contributed by atoms with E-state index in [1.54, 1.807) is 25.1 Å². The highest BCUT2D eigenvalue weighted by molar-refractivity contribution is 6.34. The normalized spacial score (nSPS) is 18.9. The van der Waals surface area contributed by atoms with Gasteiger partial charge in [-0.25, -0.2) is 4.79 Å². The van der Waals surface area contributed by atoms with Crippen LogP contribution in [-0.2, 0) is 9.53 Å². The number of nitrogens with one attached hydrogen (secondary N) is 1. The summed E-state index contributed by atoms with van der Waals surface area (Å²) in [6.45, 7) is 2.81. The van der Waals surface area contributed by atoms with Crippen LogP contribution in [0.15, 0.2) is 24.3 Å². The highest BCUT2D eigenvalue weighted by Gasteiger charge is 2.37. The first-order chi connectivity index (χ1) is 11.0. The first-order valence-electron chi connectivity index (χ1n) is 7.54.